The molecule has 2 aliphatic rings. The number of guanidine groups is 1. The summed E-state index contributed by atoms with van der Waals surface area (Å²) in [7, 11) is 0. The van der Waals surface area contributed by atoms with E-state index in [-0.39, 0.29) is 24.0 Å². The van der Waals surface area contributed by atoms with Gasteiger partial charge in [0.1, 0.15) is 0 Å². The quantitative estimate of drug-likeness (QED) is 0.223. The fraction of sp³-hybridized carbons (Fsp3) is 0.950. The highest BCUT2D eigenvalue weighted by Crippen LogP contribution is 2.17. The van der Waals surface area contributed by atoms with Crippen LogP contribution in [0.3, 0.4) is 0 Å². The van der Waals surface area contributed by atoms with Gasteiger partial charge in [0.25, 0.3) is 0 Å². The van der Waals surface area contributed by atoms with Crippen molar-refractivity contribution in [2.75, 3.05) is 72.1 Å². The van der Waals surface area contributed by atoms with Gasteiger partial charge in [-0.3, -0.25) is 9.89 Å². The van der Waals surface area contributed by atoms with Crippen molar-refractivity contribution in [3.63, 3.8) is 0 Å². The number of hydrogen-bond acceptors (Lipinski definition) is 4. The Labute approximate surface area is 183 Å². The van der Waals surface area contributed by atoms with Crippen molar-refractivity contribution in [3.8, 4) is 0 Å². The van der Waals surface area contributed by atoms with Crippen molar-refractivity contribution in [2.45, 2.75) is 40.0 Å². The Hall–Kier alpha value is -0.120. The molecule has 6 nitrogen and oxygen atoms in total. The highest BCUT2D eigenvalue weighted by molar-refractivity contribution is 14.0. The minimum atomic E-state index is 0. The lowest BCUT2D eigenvalue weighted by Crippen LogP contribution is -2.42. The highest BCUT2D eigenvalue weighted by atomic mass is 127. The van der Waals surface area contributed by atoms with Crippen LogP contribution < -0.4 is 10.6 Å². The van der Waals surface area contributed by atoms with Gasteiger partial charge in [-0.15, -0.1) is 24.0 Å². The van der Waals surface area contributed by atoms with E-state index >= 15 is 0 Å². The van der Waals surface area contributed by atoms with E-state index in [0.717, 1.165) is 70.8 Å². The van der Waals surface area contributed by atoms with E-state index in [1.165, 1.54) is 32.5 Å². The first-order valence-electron chi connectivity index (χ1n) is 10.7. The number of likely N-dealkylation sites (tertiary alicyclic amines) is 1. The third-order valence-corrected chi connectivity index (χ3v) is 5.13. The average molecular weight is 495 g/mol. The molecular formula is C20H42IN5O. The maximum atomic E-state index is 5.40. The molecule has 0 aromatic rings. The number of piperidine rings is 1. The Morgan fingerprint density at radius 3 is 2.63 bits per heavy atom. The second-order valence-corrected chi connectivity index (χ2v) is 8.12. The second kappa shape index (κ2) is 14.8. The molecule has 7 heteroatoms. The molecule has 2 aliphatic heterocycles. The standard InChI is InChI=1S/C20H41N5O.HI/c1-4-21-20(22-8-6-10-24-11-13-26-14-12-24)23-15-19-7-5-9-25(17-19)16-18(2)3;/h18-19H,4-17H2,1-3H3,(H2,21,22,23);1H. The molecule has 2 rings (SSSR count). The van der Waals surface area contributed by atoms with E-state index < -0.39 is 0 Å². The summed E-state index contributed by atoms with van der Waals surface area (Å²) in [6.07, 6.45) is 3.78. The van der Waals surface area contributed by atoms with Gasteiger partial charge in [0.05, 0.1) is 13.2 Å². The van der Waals surface area contributed by atoms with E-state index in [1.807, 2.05) is 0 Å². The fourth-order valence-corrected chi connectivity index (χ4v) is 3.88. The fourth-order valence-electron chi connectivity index (χ4n) is 3.88. The molecule has 0 amide bonds. The van der Waals surface area contributed by atoms with Crippen LogP contribution in [0.4, 0.5) is 0 Å². The molecule has 2 N–H and O–H groups in total. The molecule has 27 heavy (non-hydrogen) atoms. The monoisotopic (exact) mass is 495 g/mol. The molecule has 160 valence electrons. The molecule has 1 unspecified atom stereocenters. The molecular weight excluding hydrogens is 453 g/mol. The van der Waals surface area contributed by atoms with Gasteiger partial charge in [-0.05, 0) is 51.1 Å². The van der Waals surface area contributed by atoms with Gasteiger partial charge < -0.3 is 20.3 Å². The molecule has 0 aromatic carbocycles. The van der Waals surface area contributed by atoms with E-state index in [0.29, 0.717) is 5.92 Å². The lowest BCUT2D eigenvalue weighted by molar-refractivity contribution is 0.0376. The second-order valence-electron chi connectivity index (χ2n) is 8.12. The van der Waals surface area contributed by atoms with Gasteiger partial charge in [0.15, 0.2) is 5.96 Å². The first-order valence-corrected chi connectivity index (χ1v) is 10.7. The smallest absolute Gasteiger partial charge is 0.191 e. The van der Waals surface area contributed by atoms with E-state index in [9.17, 15) is 0 Å². The van der Waals surface area contributed by atoms with Crippen molar-refractivity contribution in [3.05, 3.63) is 0 Å². The SMILES string of the molecule is CCNC(=NCC1CCCN(CC(C)C)C1)NCCCN1CCOCC1.I. The summed E-state index contributed by atoms with van der Waals surface area (Å²) in [6, 6.07) is 0. The number of halogens is 1. The van der Waals surface area contributed by atoms with Gasteiger partial charge in [0.2, 0.25) is 0 Å². The van der Waals surface area contributed by atoms with Crippen molar-refractivity contribution in [2.24, 2.45) is 16.8 Å². The lowest BCUT2D eigenvalue weighted by Gasteiger charge is -2.33. The molecule has 0 spiro atoms. The van der Waals surface area contributed by atoms with Gasteiger partial charge in [-0.2, -0.15) is 0 Å². The van der Waals surface area contributed by atoms with Crippen LogP contribution in [0.25, 0.3) is 0 Å². The first kappa shape index (κ1) is 24.9. The number of hydrogen-bond donors (Lipinski definition) is 2. The van der Waals surface area contributed by atoms with Crippen molar-refractivity contribution >= 4 is 29.9 Å². The third-order valence-electron chi connectivity index (χ3n) is 5.13. The summed E-state index contributed by atoms with van der Waals surface area (Å²) in [4.78, 5) is 9.98. The number of rotatable bonds is 9. The normalized spacial score (nSPS) is 22.5. The van der Waals surface area contributed by atoms with Crippen molar-refractivity contribution in [1.29, 1.82) is 0 Å². The zero-order valence-corrected chi connectivity index (χ0v) is 20.0. The summed E-state index contributed by atoms with van der Waals surface area (Å²) >= 11 is 0. The Morgan fingerprint density at radius 1 is 1.15 bits per heavy atom. The van der Waals surface area contributed by atoms with Gasteiger partial charge >= 0.3 is 0 Å². The Balaban J connectivity index is 0.00000364. The molecule has 0 bridgehead atoms. The molecule has 1 atom stereocenters. The van der Waals surface area contributed by atoms with Crippen molar-refractivity contribution < 1.29 is 4.74 Å². The maximum Gasteiger partial charge on any atom is 0.191 e. The summed E-state index contributed by atoms with van der Waals surface area (Å²) in [5.74, 6) is 2.43. The van der Waals surface area contributed by atoms with E-state index in [1.54, 1.807) is 0 Å². The molecule has 2 saturated heterocycles. The van der Waals surface area contributed by atoms with Crippen LogP contribution in [-0.2, 0) is 4.74 Å². The maximum absolute atomic E-state index is 5.40. The number of aliphatic imine (C=N–C) groups is 1. The van der Waals surface area contributed by atoms with Crippen LogP contribution in [0, 0.1) is 11.8 Å². The predicted molar refractivity (Wildman–Crippen MR) is 125 cm³/mol. The minimum absolute atomic E-state index is 0. The topological polar surface area (TPSA) is 52.1 Å². The van der Waals surface area contributed by atoms with Crippen LogP contribution in [0.15, 0.2) is 4.99 Å². The number of ether oxygens (including phenoxy) is 1. The zero-order valence-electron chi connectivity index (χ0n) is 17.7. The highest BCUT2D eigenvalue weighted by Gasteiger charge is 2.20. The summed E-state index contributed by atoms with van der Waals surface area (Å²) < 4.78 is 5.40. The van der Waals surface area contributed by atoms with E-state index in [4.69, 9.17) is 9.73 Å². The van der Waals surface area contributed by atoms with Crippen molar-refractivity contribution in [1.82, 2.24) is 20.4 Å². The van der Waals surface area contributed by atoms with Crippen LogP contribution in [0.5, 0.6) is 0 Å². The molecule has 0 saturated carbocycles. The molecule has 2 heterocycles. The third kappa shape index (κ3) is 10.9. The number of nitrogens with one attached hydrogen (secondary N) is 2. The van der Waals surface area contributed by atoms with Gasteiger partial charge in [-0.1, -0.05) is 13.8 Å². The molecule has 2 fully saturated rings. The van der Waals surface area contributed by atoms with Crippen LogP contribution >= 0.6 is 24.0 Å². The van der Waals surface area contributed by atoms with Crippen LogP contribution in [0.1, 0.15) is 40.0 Å². The molecule has 0 radical (unpaired) electrons. The molecule has 0 aromatic heterocycles. The molecule has 0 aliphatic carbocycles. The van der Waals surface area contributed by atoms with Gasteiger partial charge in [0, 0.05) is 45.8 Å². The summed E-state index contributed by atoms with van der Waals surface area (Å²) in [5.41, 5.74) is 0. The number of morpholine rings is 1. The van der Waals surface area contributed by atoms with Crippen LogP contribution in [0.2, 0.25) is 0 Å². The Bertz CT molecular complexity index is 402. The predicted octanol–water partition coefficient (Wildman–Crippen LogP) is 2.25. The van der Waals surface area contributed by atoms with Crippen LogP contribution in [-0.4, -0.2) is 87.9 Å². The minimum Gasteiger partial charge on any atom is -0.379 e. The summed E-state index contributed by atoms with van der Waals surface area (Å²) in [5, 5.41) is 6.91. The van der Waals surface area contributed by atoms with E-state index in [2.05, 4.69) is 41.2 Å². The Kier molecular flexibility index (Phi) is 13.7. The Morgan fingerprint density at radius 2 is 1.93 bits per heavy atom. The number of nitrogens with zero attached hydrogens (tertiary/aromatic N) is 3. The lowest BCUT2D eigenvalue weighted by atomic mass is 9.97. The van der Waals surface area contributed by atoms with Gasteiger partial charge in [-0.25, -0.2) is 0 Å². The summed E-state index contributed by atoms with van der Waals surface area (Å²) in [6.45, 7) is 18.3. The largest absolute Gasteiger partial charge is 0.379 e. The zero-order chi connectivity index (χ0) is 18.6. The average Bonchev–Trinajstić information content (AvgIpc) is 2.64. The first-order chi connectivity index (χ1) is 12.7.